The molecule has 0 fully saturated rings. The molecular weight excluding hydrogens is 216 g/mol. The minimum absolute atomic E-state index is 0.0553. The molecule has 5 nitrogen and oxygen atoms in total. The molecule has 1 aromatic heterocycles. The molecule has 0 spiro atoms. The first-order chi connectivity index (χ1) is 8.08. The Labute approximate surface area is 103 Å². The van der Waals surface area contributed by atoms with Crippen molar-refractivity contribution >= 4 is 5.91 Å². The molecule has 1 heterocycles. The average molecular weight is 238 g/mol. The van der Waals surface area contributed by atoms with Gasteiger partial charge in [-0.15, -0.1) is 0 Å². The van der Waals surface area contributed by atoms with Crippen molar-refractivity contribution in [3.8, 4) is 0 Å². The van der Waals surface area contributed by atoms with Gasteiger partial charge in [0.05, 0.1) is 12.2 Å². The highest BCUT2D eigenvalue weighted by Crippen LogP contribution is 1.93. The van der Waals surface area contributed by atoms with E-state index in [-0.39, 0.29) is 5.91 Å². The largest absolute Gasteiger partial charge is 0.355 e. The molecule has 1 rings (SSSR count). The lowest BCUT2D eigenvalue weighted by Gasteiger charge is -2.08. The van der Waals surface area contributed by atoms with E-state index in [9.17, 15) is 4.79 Å². The van der Waals surface area contributed by atoms with Crippen LogP contribution in [0.4, 0.5) is 0 Å². The van der Waals surface area contributed by atoms with Crippen molar-refractivity contribution in [3.63, 3.8) is 0 Å². The number of aromatic nitrogens is 2. The third-order valence-electron chi connectivity index (χ3n) is 2.32. The van der Waals surface area contributed by atoms with Gasteiger partial charge in [-0.2, -0.15) is 5.10 Å². The maximum atomic E-state index is 11.4. The number of aryl methyl sites for hydroxylation is 1. The van der Waals surface area contributed by atoms with Crippen LogP contribution in [0.3, 0.4) is 0 Å². The highest BCUT2D eigenvalue weighted by atomic mass is 16.1. The summed E-state index contributed by atoms with van der Waals surface area (Å²) in [6, 6.07) is 1.99. The molecule has 0 bridgehead atoms. The van der Waals surface area contributed by atoms with E-state index in [1.54, 1.807) is 4.68 Å². The Morgan fingerprint density at radius 1 is 1.53 bits per heavy atom. The normalized spacial score (nSPS) is 10.8. The van der Waals surface area contributed by atoms with Crippen LogP contribution in [0.1, 0.15) is 19.5 Å². The van der Waals surface area contributed by atoms with Crippen LogP contribution in [-0.2, 0) is 18.3 Å². The van der Waals surface area contributed by atoms with E-state index >= 15 is 0 Å². The van der Waals surface area contributed by atoms with Gasteiger partial charge in [0.15, 0.2) is 0 Å². The van der Waals surface area contributed by atoms with Crippen LogP contribution in [0, 0.1) is 5.92 Å². The summed E-state index contributed by atoms with van der Waals surface area (Å²) in [6.45, 7) is 6.04. The summed E-state index contributed by atoms with van der Waals surface area (Å²) in [5.74, 6) is 0.548. The highest BCUT2D eigenvalue weighted by molar-refractivity contribution is 5.77. The third kappa shape index (κ3) is 6.06. The number of amides is 1. The van der Waals surface area contributed by atoms with Gasteiger partial charge in [0.2, 0.25) is 5.91 Å². The smallest absolute Gasteiger partial charge is 0.233 e. The Kier molecular flexibility index (Phi) is 5.69. The lowest BCUT2D eigenvalue weighted by molar-refractivity contribution is -0.120. The first kappa shape index (κ1) is 13.7. The predicted molar refractivity (Wildman–Crippen MR) is 67.6 cm³/mol. The number of carbonyl (C=O) groups excluding carboxylic acids is 1. The molecule has 0 aliphatic carbocycles. The Morgan fingerprint density at radius 3 is 2.88 bits per heavy atom. The van der Waals surface area contributed by atoms with E-state index < -0.39 is 0 Å². The zero-order valence-electron chi connectivity index (χ0n) is 10.9. The molecule has 17 heavy (non-hydrogen) atoms. The van der Waals surface area contributed by atoms with Crippen LogP contribution >= 0.6 is 0 Å². The lowest BCUT2D eigenvalue weighted by atomic mass is 10.2. The molecule has 0 atom stereocenters. The number of carbonyl (C=O) groups is 1. The molecule has 0 aromatic carbocycles. The molecule has 5 heteroatoms. The maximum absolute atomic E-state index is 11.4. The van der Waals surface area contributed by atoms with Crippen LogP contribution in [0.25, 0.3) is 0 Å². The standard InChI is InChI=1S/C12H22N4O/c1-10(2)8-14-12(17)9-13-6-4-11-5-7-16(3)15-11/h5,7,10,13H,4,6,8-9H2,1-3H3,(H,14,17). The van der Waals surface area contributed by atoms with E-state index in [2.05, 4.69) is 29.6 Å². The molecule has 0 aliphatic heterocycles. The van der Waals surface area contributed by atoms with Crippen LogP contribution in [0.5, 0.6) is 0 Å². The van der Waals surface area contributed by atoms with Crippen LogP contribution in [0.15, 0.2) is 12.3 Å². The Balaban J connectivity index is 2.06. The van der Waals surface area contributed by atoms with Crippen molar-refractivity contribution in [1.82, 2.24) is 20.4 Å². The van der Waals surface area contributed by atoms with Crippen molar-refractivity contribution < 1.29 is 4.79 Å². The van der Waals surface area contributed by atoms with E-state index in [1.165, 1.54) is 0 Å². The molecule has 1 amide bonds. The van der Waals surface area contributed by atoms with Gasteiger partial charge in [-0.25, -0.2) is 0 Å². The van der Waals surface area contributed by atoms with Crippen LogP contribution in [-0.4, -0.2) is 35.3 Å². The first-order valence-electron chi connectivity index (χ1n) is 6.04. The quantitative estimate of drug-likeness (QED) is 0.673. The van der Waals surface area contributed by atoms with Crippen LogP contribution < -0.4 is 10.6 Å². The minimum atomic E-state index is 0.0553. The van der Waals surface area contributed by atoms with Gasteiger partial charge in [-0.05, 0) is 12.0 Å². The molecule has 0 radical (unpaired) electrons. The number of hydrogen-bond donors (Lipinski definition) is 2. The van der Waals surface area contributed by atoms with Crippen LogP contribution in [0.2, 0.25) is 0 Å². The molecule has 0 aliphatic rings. The van der Waals surface area contributed by atoms with Gasteiger partial charge >= 0.3 is 0 Å². The summed E-state index contributed by atoms with van der Waals surface area (Å²) in [4.78, 5) is 11.4. The molecule has 96 valence electrons. The molecule has 2 N–H and O–H groups in total. The van der Waals surface area contributed by atoms with E-state index in [1.807, 2.05) is 19.3 Å². The van der Waals surface area contributed by atoms with Crippen molar-refractivity contribution in [1.29, 1.82) is 0 Å². The topological polar surface area (TPSA) is 59.0 Å². The van der Waals surface area contributed by atoms with Gasteiger partial charge in [-0.1, -0.05) is 13.8 Å². The van der Waals surface area contributed by atoms with Gasteiger partial charge < -0.3 is 10.6 Å². The van der Waals surface area contributed by atoms with Crippen molar-refractivity contribution in [2.24, 2.45) is 13.0 Å². The minimum Gasteiger partial charge on any atom is -0.355 e. The van der Waals surface area contributed by atoms with E-state index in [0.717, 1.165) is 25.2 Å². The fraction of sp³-hybridized carbons (Fsp3) is 0.667. The number of nitrogens with zero attached hydrogens (tertiary/aromatic N) is 2. The molecule has 1 aromatic rings. The van der Waals surface area contributed by atoms with E-state index in [4.69, 9.17) is 0 Å². The lowest BCUT2D eigenvalue weighted by Crippen LogP contribution is -2.36. The predicted octanol–water partition coefficient (Wildman–Crippen LogP) is 0.324. The molecule has 0 saturated heterocycles. The van der Waals surface area contributed by atoms with E-state index in [0.29, 0.717) is 12.5 Å². The van der Waals surface area contributed by atoms with Crippen molar-refractivity contribution in [2.75, 3.05) is 19.6 Å². The zero-order valence-corrected chi connectivity index (χ0v) is 10.9. The molecule has 0 saturated carbocycles. The Morgan fingerprint density at radius 2 is 2.29 bits per heavy atom. The summed E-state index contributed by atoms with van der Waals surface area (Å²) in [7, 11) is 1.90. The van der Waals surface area contributed by atoms with Crippen molar-refractivity contribution in [2.45, 2.75) is 20.3 Å². The summed E-state index contributed by atoms with van der Waals surface area (Å²) >= 11 is 0. The highest BCUT2D eigenvalue weighted by Gasteiger charge is 2.02. The number of hydrogen-bond acceptors (Lipinski definition) is 3. The zero-order chi connectivity index (χ0) is 12.7. The molecule has 0 unspecified atom stereocenters. The maximum Gasteiger partial charge on any atom is 0.233 e. The van der Waals surface area contributed by atoms with Gasteiger partial charge in [0.25, 0.3) is 0 Å². The monoisotopic (exact) mass is 238 g/mol. The van der Waals surface area contributed by atoms with Gasteiger partial charge in [-0.3, -0.25) is 9.48 Å². The van der Waals surface area contributed by atoms with Crippen molar-refractivity contribution in [3.05, 3.63) is 18.0 Å². The molecular formula is C12H22N4O. The second kappa shape index (κ2) is 7.06. The third-order valence-corrected chi connectivity index (χ3v) is 2.32. The van der Waals surface area contributed by atoms with Gasteiger partial charge in [0.1, 0.15) is 0 Å². The Hall–Kier alpha value is -1.36. The SMILES string of the molecule is CC(C)CNC(=O)CNCCc1ccn(C)n1. The second-order valence-electron chi connectivity index (χ2n) is 4.61. The summed E-state index contributed by atoms with van der Waals surface area (Å²) in [6.07, 6.45) is 2.77. The Bertz CT molecular complexity index is 346. The fourth-order valence-electron chi connectivity index (χ4n) is 1.40. The summed E-state index contributed by atoms with van der Waals surface area (Å²) < 4.78 is 1.78. The fourth-order valence-corrected chi connectivity index (χ4v) is 1.40. The van der Waals surface area contributed by atoms with Gasteiger partial charge in [0, 0.05) is 32.8 Å². The summed E-state index contributed by atoms with van der Waals surface area (Å²) in [5.41, 5.74) is 1.04. The first-order valence-corrected chi connectivity index (χ1v) is 6.04. The second-order valence-corrected chi connectivity index (χ2v) is 4.61. The summed E-state index contributed by atoms with van der Waals surface area (Å²) in [5, 5.41) is 10.2. The average Bonchev–Trinajstić information content (AvgIpc) is 2.68. The number of rotatable bonds is 7. The number of nitrogens with one attached hydrogen (secondary N) is 2.